The molecule has 0 fully saturated rings. The van der Waals surface area contributed by atoms with E-state index in [9.17, 15) is 0 Å². The van der Waals surface area contributed by atoms with Crippen molar-refractivity contribution < 1.29 is 9.47 Å². The monoisotopic (exact) mass is 150 g/mol. The van der Waals surface area contributed by atoms with Crippen LogP contribution < -0.4 is 0 Å². The van der Waals surface area contributed by atoms with Gasteiger partial charge < -0.3 is 9.47 Å². The van der Waals surface area contributed by atoms with Crippen molar-refractivity contribution in [3.63, 3.8) is 0 Å². The minimum Gasteiger partial charge on any atom is -0.454 e. The van der Waals surface area contributed by atoms with Crippen molar-refractivity contribution in [1.29, 1.82) is 0 Å². The maximum Gasteiger partial charge on any atom is 0.231 e. The van der Waals surface area contributed by atoms with Crippen LogP contribution in [0.2, 0.25) is 0 Å². The molecular weight excluding hydrogens is 140 g/mol. The SMILES string of the molecule is CC1=CC2=C(C=CC1)OCO2. The van der Waals surface area contributed by atoms with Crippen LogP contribution in [0.4, 0.5) is 0 Å². The fourth-order valence-electron chi connectivity index (χ4n) is 1.18. The van der Waals surface area contributed by atoms with Crippen LogP contribution in [0.5, 0.6) is 0 Å². The van der Waals surface area contributed by atoms with E-state index in [1.54, 1.807) is 0 Å². The Morgan fingerprint density at radius 1 is 1.27 bits per heavy atom. The van der Waals surface area contributed by atoms with Crippen molar-refractivity contribution >= 4 is 0 Å². The molecule has 0 saturated carbocycles. The molecule has 2 aliphatic rings. The maximum atomic E-state index is 5.24. The van der Waals surface area contributed by atoms with Gasteiger partial charge in [0, 0.05) is 0 Å². The van der Waals surface area contributed by atoms with E-state index < -0.39 is 0 Å². The average molecular weight is 150 g/mol. The van der Waals surface area contributed by atoms with Crippen LogP contribution in [0, 0.1) is 0 Å². The molecule has 0 aromatic heterocycles. The van der Waals surface area contributed by atoms with Crippen LogP contribution in [0.1, 0.15) is 13.3 Å². The number of ether oxygens (including phenoxy) is 2. The summed E-state index contributed by atoms with van der Waals surface area (Å²) in [6.07, 6.45) is 7.07. The first-order valence-electron chi connectivity index (χ1n) is 3.70. The molecule has 0 bridgehead atoms. The molecule has 2 heteroatoms. The molecule has 58 valence electrons. The Kier molecular flexibility index (Phi) is 1.46. The van der Waals surface area contributed by atoms with Gasteiger partial charge >= 0.3 is 0 Å². The summed E-state index contributed by atoms with van der Waals surface area (Å²) in [5.74, 6) is 1.73. The van der Waals surface area contributed by atoms with Crippen LogP contribution in [0.3, 0.4) is 0 Å². The summed E-state index contributed by atoms with van der Waals surface area (Å²) in [6, 6.07) is 0. The summed E-state index contributed by atoms with van der Waals surface area (Å²) in [5, 5.41) is 0. The van der Waals surface area contributed by atoms with Gasteiger partial charge in [-0.3, -0.25) is 0 Å². The van der Waals surface area contributed by atoms with Crippen LogP contribution in [-0.2, 0) is 9.47 Å². The summed E-state index contributed by atoms with van der Waals surface area (Å²) < 4.78 is 10.4. The van der Waals surface area contributed by atoms with Crippen LogP contribution in [-0.4, -0.2) is 6.79 Å². The van der Waals surface area contributed by atoms with Gasteiger partial charge in [0.15, 0.2) is 11.5 Å². The minimum atomic E-state index is 0.360. The third-order valence-electron chi connectivity index (χ3n) is 1.76. The largest absolute Gasteiger partial charge is 0.454 e. The fourth-order valence-corrected chi connectivity index (χ4v) is 1.18. The van der Waals surface area contributed by atoms with Gasteiger partial charge in [-0.05, 0) is 25.5 Å². The van der Waals surface area contributed by atoms with Crippen molar-refractivity contribution in [3.8, 4) is 0 Å². The lowest BCUT2D eigenvalue weighted by Gasteiger charge is -1.95. The molecule has 1 heterocycles. The fraction of sp³-hybridized carbons (Fsp3) is 0.333. The molecule has 1 aliphatic heterocycles. The summed E-state index contributed by atoms with van der Waals surface area (Å²) >= 11 is 0. The summed E-state index contributed by atoms with van der Waals surface area (Å²) in [7, 11) is 0. The van der Waals surface area contributed by atoms with Gasteiger partial charge in [-0.2, -0.15) is 0 Å². The van der Waals surface area contributed by atoms with Gasteiger partial charge in [0.2, 0.25) is 6.79 Å². The molecule has 0 saturated heterocycles. The first-order valence-corrected chi connectivity index (χ1v) is 3.70. The summed E-state index contributed by atoms with van der Waals surface area (Å²) in [4.78, 5) is 0. The highest BCUT2D eigenvalue weighted by molar-refractivity contribution is 5.32. The Balaban J connectivity index is 2.36. The summed E-state index contributed by atoms with van der Waals surface area (Å²) in [5.41, 5.74) is 1.30. The number of rotatable bonds is 0. The minimum absolute atomic E-state index is 0.360. The van der Waals surface area contributed by atoms with Gasteiger partial charge in [-0.1, -0.05) is 11.6 Å². The zero-order valence-electron chi connectivity index (χ0n) is 6.46. The van der Waals surface area contributed by atoms with Gasteiger partial charge in [0.1, 0.15) is 0 Å². The molecule has 0 aromatic carbocycles. The Labute approximate surface area is 65.8 Å². The van der Waals surface area contributed by atoms with Gasteiger partial charge in [-0.25, -0.2) is 0 Å². The highest BCUT2D eigenvalue weighted by Crippen LogP contribution is 2.23. The average Bonchev–Trinajstić information content (AvgIpc) is 2.31. The molecular formula is C9H10O2. The van der Waals surface area contributed by atoms with E-state index in [0.717, 1.165) is 17.9 Å². The summed E-state index contributed by atoms with van der Waals surface area (Å²) in [6.45, 7) is 2.45. The molecule has 1 aliphatic carbocycles. The lowest BCUT2D eigenvalue weighted by molar-refractivity contribution is 0.0776. The first kappa shape index (κ1) is 6.53. The molecule has 11 heavy (non-hydrogen) atoms. The van der Waals surface area contributed by atoms with E-state index >= 15 is 0 Å². The van der Waals surface area contributed by atoms with Gasteiger partial charge in [0.25, 0.3) is 0 Å². The molecule has 2 rings (SSSR count). The Bertz CT molecular complexity index is 259. The second kappa shape index (κ2) is 2.46. The molecule has 0 N–H and O–H groups in total. The Hall–Kier alpha value is -1.18. The lowest BCUT2D eigenvalue weighted by atomic mass is 10.2. The normalized spacial score (nSPS) is 21.7. The van der Waals surface area contributed by atoms with Crippen LogP contribution in [0.25, 0.3) is 0 Å². The number of hydrogen-bond donors (Lipinski definition) is 0. The first-order chi connectivity index (χ1) is 5.36. The van der Waals surface area contributed by atoms with Crippen molar-refractivity contribution in [2.24, 2.45) is 0 Å². The van der Waals surface area contributed by atoms with E-state index in [1.807, 2.05) is 12.2 Å². The highest BCUT2D eigenvalue weighted by atomic mass is 16.7. The third kappa shape index (κ3) is 1.16. The standard InChI is InChI=1S/C9H10O2/c1-7-3-2-4-8-9(5-7)11-6-10-8/h2,4-5H,3,6H2,1H3. The van der Waals surface area contributed by atoms with Crippen molar-refractivity contribution in [1.82, 2.24) is 0 Å². The quantitative estimate of drug-likeness (QED) is 0.526. The molecule has 2 nitrogen and oxygen atoms in total. The lowest BCUT2D eigenvalue weighted by Crippen LogP contribution is -1.83. The Morgan fingerprint density at radius 2 is 2.09 bits per heavy atom. The topological polar surface area (TPSA) is 18.5 Å². The van der Waals surface area contributed by atoms with E-state index in [4.69, 9.17) is 9.47 Å². The molecule has 0 aromatic rings. The van der Waals surface area contributed by atoms with E-state index in [-0.39, 0.29) is 0 Å². The van der Waals surface area contributed by atoms with Crippen LogP contribution >= 0.6 is 0 Å². The zero-order chi connectivity index (χ0) is 7.68. The maximum absolute atomic E-state index is 5.24. The third-order valence-corrected chi connectivity index (χ3v) is 1.76. The van der Waals surface area contributed by atoms with E-state index in [2.05, 4.69) is 13.0 Å². The zero-order valence-corrected chi connectivity index (χ0v) is 6.46. The van der Waals surface area contributed by atoms with Gasteiger partial charge in [-0.15, -0.1) is 0 Å². The highest BCUT2D eigenvalue weighted by Gasteiger charge is 2.14. The van der Waals surface area contributed by atoms with Crippen LogP contribution in [0.15, 0.2) is 35.3 Å². The number of hydrogen-bond acceptors (Lipinski definition) is 2. The molecule has 0 atom stereocenters. The smallest absolute Gasteiger partial charge is 0.231 e. The van der Waals surface area contributed by atoms with Gasteiger partial charge in [0.05, 0.1) is 0 Å². The molecule has 0 amide bonds. The van der Waals surface area contributed by atoms with Crippen molar-refractivity contribution in [2.45, 2.75) is 13.3 Å². The van der Waals surface area contributed by atoms with Crippen molar-refractivity contribution in [3.05, 3.63) is 35.3 Å². The molecule has 0 spiro atoms. The van der Waals surface area contributed by atoms with Crippen molar-refractivity contribution in [2.75, 3.05) is 6.79 Å². The van der Waals surface area contributed by atoms with E-state index in [0.29, 0.717) is 6.79 Å². The molecule has 0 unspecified atom stereocenters. The Morgan fingerprint density at radius 3 is 3.00 bits per heavy atom. The second-order valence-corrected chi connectivity index (χ2v) is 2.73. The predicted molar refractivity (Wildman–Crippen MR) is 41.6 cm³/mol. The number of allylic oxidation sites excluding steroid dienone is 4. The van der Waals surface area contributed by atoms with E-state index in [1.165, 1.54) is 5.57 Å². The predicted octanol–water partition coefficient (Wildman–Crippen LogP) is 2.11. The molecule has 0 radical (unpaired) electrons. The second-order valence-electron chi connectivity index (χ2n) is 2.73.